The molecule has 0 aliphatic carbocycles. The first-order valence-electron chi connectivity index (χ1n) is 10.7. The second-order valence-corrected chi connectivity index (χ2v) is 6.28. The highest BCUT2D eigenvalue weighted by molar-refractivity contribution is 5.23. The zero-order valence-corrected chi connectivity index (χ0v) is 17.2. The molecule has 0 spiro atoms. The largest absolute Gasteiger partial charge is 0.303 e. The molecule has 1 saturated heterocycles. The fraction of sp³-hybridized carbons (Fsp3) is 0.739. The maximum Gasteiger partial charge on any atom is -0.00156 e. The van der Waals surface area contributed by atoms with Crippen LogP contribution in [-0.4, -0.2) is 24.5 Å². The summed E-state index contributed by atoms with van der Waals surface area (Å²) in [7, 11) is 0. The molecule has 0 N–H and O–H groups in total. The van der Waals surface area contributed by atoms with Crippen LogP contribution in [0.2, 0.25) is 0 Å². The Morgan fingerprint density at radius 3 is 1.96 bits per heavy atom. The predicted molar refractivity (Wildman–Crippen MR) is 111 cm³/mol. The standard InChI is InChI=1S/C19H31N.2C2H6/c1-2-3-4-5-10-18-11-8-12-19(17-18)13-9-16-20-14-6-7-15-20;2*1-2/h8,11-12,17H,2-7,9-10,13-16H2,1H3;2*1-2H3. The first-order chi connectivity index (χ1) is 11.9. The van der Waals surface area contributed by atoms with E-state index in [2.05, 4.69) is 36.1 Å². The second-order valence-electron chi connectivity index (χ2n) is 6.28. The Labute approximate surface area is 152 Å². The monoisotopic (exact) mass is 333 g/mol. The lowest BCUT2D eigenvalue weighted by atomic mass is 10.0. The van der Waals surface area contributed by atoms with Gasteiger partial charge in [0.1, 0.15) is 0 Å². The van der Waals surface area contributed by atoms with Crippen LogP contribution in [-0.2, 0) is 12.8 Å². The van der Waals surface area contributed by atoms with Gasteiger partial charge in [-0.3, -0.25) is 0 Å². The summed E-state index contributed by atoms with van der Waals surface area (Å²) in [6.45, 7) is 14.2. The quantitative estimate of drug-likeness (QED) is 0.445. The van der Waals surface area contributed by atoms with E-state index in [9.17, 15) is 0 Å². The molecule has 1 aromatic carbocycles. The Bertz CT molecular complexity index is 366. The molecule has 1 aliphatic heterocycles. The third-order valence-corrected chi connectivity index (χ3v) is 4.45. The van der Waals surface area contributed by atoms with Crippen molar-refractivity contribution in [2.24, 2.45) is 0 Å². The summed E-state index contributed by atoms with van der Waals surface area (Å²) in [6.07, 6.45) is 12.1. The molecule has 2 rings (SSSR count). The van der Waals surface area contributed by atoms with Crippen LogP contribution in [0.5, 0.6) is 0 Å². The molecule has 1 heteroatoms. The number of rotatable bonds is 9. The number of hydrogen-bond donors (Lipinski definition) is 0. The fourth-order valence-electron chi connectivity index (χ4n) is 3.21. The van der Waals surface area contributed by atoms with Crippen LogP contribution in [0.3, 0.4) is 0 Å². The molecule has 0 unspecified atom stereocenters. The average Bonchev–Trinajstić information content (AvgIpc) is 3.16. The summed E-state index contributed by atoms with van der Waals surface area (Å²) in [5, 5.41) is 0. The van der Waals surface area contributed by atoms with Gasteiger partial charge in [0.15, 0.2) is 0 Å². The molecule has 1 fully saturated rings. The van der Waals surface area contributed by atoms with Crippen molar-refractivity contribution < 1.29 is 0 Å². The predicted octanol–water partition coefficient (Wildman–Crippen LogP) is 6.89. The summed E-state index contributed by atoms with van der Waals surface area (Å²) in [5.41, 5.74) is 3.08. The van der Waals surface area contributed by atoms with Crippen LogP contribution in [0, 0.1) is 0 Å². The highest BCUT2D eigenvalue weighted by Gasteiger charge is 2.10. The topological polar surface area (TPSA) is 3.24 Å². The van der Waals surface area contributed by atoms with E-state index in [4.69, 9.17) is 0 Å². The van der Waals surface area contributed by atoms with Gasteiger partial charge in [0, 0.05) is 0 Å². The molecule has 0 saturated carbocycles. The van der Waals surface area contributed by atoms with Crippen molar-refractivity contribution in [3.63, 3.8) is 0 Å². The Balaban J connectivity index is 0.00000123. The Kier molecular flexibility index (Phi) is 16.4. The number of aryl methyl sites for hydroxylation is 2. The lowest BCUT2D eigenvalue weighted by Gasteiger charge is -2.14. The van der Waals surface area contributed by atoms with Gasteiger partial charge in [-0.1, -0.05) is 78.1 Å². The zero-order valence-electron chi connectivity index (χ0n) is 17.2. The maximum atomic E-state index is 2.62. The number of hydrogen-bond acceptors (Lipinski definition) is 1. The Morgan fingerprint density at radius 1 is 0.792 bits per heavy atom. The van der Waals surface area contributed by atoms with Gasteiger partial charge in [-0.15, -0.1) is 0 Å². The van der Waals surface area contributed by atoms with E-state index in [1.165, 1.54) is 83.0 Å². The van der Waals surface area contributed by atoms with Gasteiger partial charge in [-0.2, -0.15) is 0 Å². The number of benzene rings is 1. The van der Waals surface area contributed by atoms with Crippen molar-refractivity contribution in [3.8, 4) is 0 Å². The van der Waals surface area contributed by atoms with E-state index >= 15 is 0 Å². The van der Waals surface area contributed by atoms with Gasteiger partial charge in [-0.25, -0.2) is 0 Å². The van der Waals surface area contributed by atoms with Gasteiger partial charge in [0.25, 0.3) is 0 Å². The molecule has 1 heterocycles. The van der Waals surface area contributed by atoms with Crippen LogP contribution in [0.25, 0.3) is 0 Å². The first-order valence-corrected chi connectivity index (χ1v) is 10.7. The maximum absolute atomic E-state index is 2.62. The first kappa shape index (κ1) is 23.2. The average molecular weight is 334 g/mol. The van der Waals surface area contributed by atoms with E-state index in [0.29, 0.717) is 0 Å². The summed E-state index contributed by atoms with van der Waals surface area (Å²) in [6, 6.07) is 9.30. The van der Waals surface area contributed by atoms with Crippen molar-refractivity contribution in [3.05, 3.63) is 35.4 Å². The molecule has 0 atom stereocenters. The van der Waals surface area contributed by atoms with Crippen LogP contribution in [0.1, 0.15) is 90.7 Å². The molecule has 24 heavy (non-hydrogen) atoms. The third kappa shape index (κ3) is 10.9. The van der Waals surface area contributed by atoms with Gasteiger partial charge >= 0.3 is 0 Å². The van der Waals surface area contributed by atoms with Crippen molar-refractivity contribution in [1.29, 1.82) is 0 Å². The summed E-state index contributed by atoms with van der Waals surface area (Å²) in [5.74, 6) is 0. The molecular formula is C23H43N. The number of likely N-dealkylation sites (tertiary alicyclic amines) is 1. The van der Waals surface area contributed by atoms with Crippen LogP contribution in [0.4, 0.5) is 0 Å². The molecule has 0 amide bonds. The minimum atomic E-state index is 1.25. The lowest BCUT2D eigenvalue weighted by molar-refractivity contribution is 0.334. The summed E-state index contributed by atoms with van der Waals surface area (Å²) >= 11 is 0. The lowest BCUT2D eigenvalue weighted by Crippen LogP contribution is -2.20. The molecule has 140 valence electrons. The van der Waals surface area contributed by atoms with Gasteiger partial charge < -0.3 is 4.90 Å². The molecular weight excluding hydrogens is 290 g/mol. The third-order valence-electron chi connectivity index (χ3n) is 4.45. The summed E-state index contributed by atoms with van der Waals surface area (Å²) in [4.78, 5) is 2.62. The molecule has 0 aromatic heterocycles. The van der Waals surface area contributed by atoms with E-state index in [-0.39, 0.29) is 0 Å². The SMILES string of the molecule is CC.CC.CCCCCCc1cccc(CCCN2CCCC2)c1. The van der Waals surface area contributed by atoms with Crippen LogP contribution in [0.15, 0.2) is 24.3 Å². The molecule has 0 bridgehead atoms. The van der Waals surface area contributed by atoms with E-state index in [0.717, 1.165) is 0 Å². The van der Waals surface area contributed by atoms with E-state index < -0.39 is 0 Å². The molecule has 1 nitrogen and oxygen atoms in total. The highest BCUT2D eigenvalue weighted by Crippen LogP contribution is 2.13. The van der Waals surface area contributed by atoms with Crippen LogP contribution >= 0.6 is 0 Å². The minimum absolute atomic E-state index is 1.25. The van der Waals surface area contributed by atoms with Crippen molar-refractivity contribution >= 4 is 0 Å². The molecule has 0 radical (unpaired) electrons. The normalized spacial score (nSPS) is 13.7. The smallest absolute Gasteiger partial charge is 0.00156 e. The Hall–Kier alpha value is -0.820. The Morgan fingerprint density at radius 2 is 1.38 bits per heavy atom. The number of nitrogens with zero attached hydrogens (tertiary/aromatic N) is 1. The summed E-state index contributed by atoms with van der Waals surface area (Å²) < 4.78 is 0. The van der Waals surface area contributed by atoms with Gasteiger partial charge in [-0.05, 0) is 69.3 Å². The second kappa shape index (κ2) is 17.0. The van der Waals surface area contributed by atoms with E-state index in [1.54, 1.807) is 5.56 Å². The van der Waals surface area contributed by atoms with Gasteiger partial charge in [0.2, 0.25) is 0 Å². The van der Waals surface area contributed by atoms with Gasteiger partial charge in [0.05, 0.1) is 0 Å². The van der Waals surface area contributed by atoms with Crippen LogP contribution < -0.4 is 0 Å². The zero-order chi connectivity index (χ0) is 18.0. The molecule has 1 aliphatic rings. The van der Waals surface area contributed by atoms with Crippen molar-refractivity contribution in [2.45, 2.75) is 92.4 Å². The molecule has 1 aromatic rings. The fourth-order valence-corrected chi connectivity index (χ4v) is 3.21. The van der Waals surface area contributed by atoms with Crippen molar-refractivity contribution in [2.75, 3.05) is 19.6 Å². The van der Waals surface area contributed by atoms with E-state index in [1.807, 2.05) is 27.7 Å². The number of unbranched alkanes of at least 4 members (excludes halogenated alkanes) is 3. The minimum Gasteiger partial charge on any atom is -0.303 e. The van der Waals surface area contributed by atoms with Crippen molar-refractivity contribution in [1.82, 2.24) is 4.90 Å². The highest BCUT2D eigenvalue weighted by atomic mass is 15.1.